The van der Waals surface area contributed by atoms with Crippen LogP contribution in [-0.2, 0) is 0 Å². The van der Waals surface area contributed by atoms with Gasteiger partial charge in [-0.3, -0.25) is 0 Å². The number of fused-ring (bicyclic) bond motifs is 8. The number of benzene rings is 6. The quantitative estimate of drug-likeness (QED) is 0.237. The molecular weight excluding hydrogens is 482 g/mol. The number of rotatable bonds is 3. The smallest absolute Gasteiger partial charge is 0.159 e. The average molecular weight is 506 g/mol. The molecule has 0 aliphatic rings. The number of aryl methyl sites for hydroxylation is 1. The Bertz CT molecular complexity index is 2150. The molecule has 0 saturated heterocycles. The maximum Gasteiger partial charge on any atom is 0.159 e. The molecule has 0 atom stereocenters. The lowest BCUT2D eigenvalue weighted by atomic mass is 10.0. The van der Waals surface area contributed by atoms with Gasteiger partial charge in [0.25, 0.3) is 0 Å². The maximum atomic E-state index is 6.48. The summed E-state index contributed by atoms with van der Waals surface area (Å²) in [4.78, 5) is 2.33. The molecule has 38 heavy (non-hydrogen) atoms. The second kappa shape index (κ2) is 8.20. The van der Waals surface area contributed by atoms with E-state index in [0.717, 1.165) is 39.0 Å². The van der Waals surface area contributed by atoms with Gasteiger partial charge in [-0.25, -0.2) is 0 Å². The van der Waals surface area contributed by atoms with Crippen molar-refractivity contribution in [3.63, 3.8) is 0 Å². The first kappa shape index (κ1) is 21.5. The van der Waals surface area contributed by atoms with Crippen LogP contribution in [0.5, 0.6) is 0 Å². The van der Waals surface area contributed by atoms with E-state index in [-0.39, 0.29) is 0 Å². The Morgan fingerprint density at radius 2 is 1.34 bits per heavy atom. The highest BCUT2D eigenvalue weighted by Crippen LogP contribution is 2.45. The van der Waals surface area contributed by atoms with Crippen molar-refractivity contribution in [2.24, 2.45) is 0 Å². The Labute approximate surface area is 224 Å². The number of hydrogen-bond donors (Lipinski definition) is 0. The van der Waals surface area contributed by atoms with Gasteiger partial charge in [-0.15, -0.1) is 11.3 Å². The third-order valence-electron chi connectivity index (χ3n) is 7.52. The molecule has 2 heterocycles. The van der Waals surface area contributed by atoms with Crippen molar-refractivity contribution < 1.29 is 4.42 Å². The van der Waals surface area contributed by atoms with E-state index in [0.29, 0.717) is 0 Å². The van der Waals surface area contributed by atoms with E-state index in [1.165, 1.54) is 36.5 Å². The molecule has 0 unspecified atom stereocenters. The summed E-state index contributed by atoms with van der Waals surface area (Å²) in [6, 6.07) is 43.5. The van der Waals surface area contributed by atoms with Gasteiger partial charge in [0.2, 0.25) is 0 Å². The molecule has 2 nitrogen and oxygen atoms in total. The van der Waals surface area contributed by atoms with E-state index in [4.69, 9.17) is 4.42 Å². The molecule has 180 valence electrons. The third-order valence-corrected chi connectivity index (χ3v) is 8.64. The first-order valence-electron chi connectivity index (χ1n) is 12.9. The zero-order valence-corrected chi connectivity index (χ0v) is 21.6. The lowest BCUT2D eigenvalue weighted by Gasteiger charge is -2.25. The largest absolute Gasteiger partial charge is 0.454 e. The Morgan fingerprint density at radius 1 is 0.579 bits per heavy atom. The molecule has 0 fully saturated rings. The highest BCUT2D eigenvalue weighted by atomic mass is 32.1. The fraction of sp³-hybridized carbons (Fsp3) is 0.0286. The van der Waals surface area contributed by atoms with Gasteiger partial charge in [-0.1, -0.05) is 84.4 Å². The summed E-state index contributed by atoms with van der Waals surface area (Å²) in [5.41, 5.74) is 6.30. The molecule has 0 radical (unpaired) electrons. The van der Waals surface area contributed by atoms with E-state index in [1.807, 2.05) is 23.5 Å². The van der Waals surface area contributed by atoms with Crippen LogP contribution in [0.2, 0.25) is 0 Å². The molecule has 0 bridgehead atoms. The highest BCUT2D eigenvalue weighted by molar-refractivity contribution is 7.26. The number of furan rings is 1. The van der Waals surface area contributed by atoms with Crippen LogP contribution in [0, 0.1) is 6.92 Å². The first-order chi connectivity index (χ1) is 18.7. The lowest BCUT2D eigenvalue weighted by Crippen LogP contribution is -2.10. The van der Waals surface area contributed by atoms with Crippen molar-refractivity contribution in [3.8, 4) is 0 Å². The van der Waals surface area contributed by atoms with Gasteiger partial charge < -0.3 is 9.32 Å². The highest BCUT2D eigenvalue weighted by Gasteiger charge is 2.20. The normalized spacial score (nSPS) is 11.8. The number of anilines is 3. The Morgan fingerprint density at radius 3 is 2.24 bits per heavy atom. The summed E-state index contributed by atoms with van der Waals surface area (Å²) in [5, 5.41) is 7.50. The Hall–Kier alpha value is -4.60. The SMILES string of the molecule is Cc1ccc(N(c2ccc3c(c2)sc2ccc4ccccc4c23)c2cccc3c2oc2ccccc23)cc1. The van der Waals surface area contributed by atoms with Crippen molar-refractivity contribution in [1.29, 1.82) is 0 Å². The van der Waals surface area contributed by atoms with Crippen LogP contribution in [0.4, 0.5) is 17.1 Å². The van der Waals surface area contributed by atoms with E-state index in [9.17, 15) is 0 Å². The van der Waals surface area contributed by atoms with Crippen LogP contribution >= 0.6 is 11.3 Å². The van der Waals surface area contributed by atoms with Crippen LogP contribution in [0.1, 0.15) is 5.56 Å². The standard InChI is InChI=1S/C35H23NOS/c1-22-13-16-24(17-14-22)36(30-11-6-10-28-27-9-4-5-12-31(27)37-35(28)30)25-18-19-29-33(21-25)38-32-20-15-23-7-2-3-8-26(23)34(29)32/h2-21H,1H3. The minimum Gasteiger partial charge on any atom is -0.454 e. The van der Waals surface area contributed by atoms with E-state index >= 15 is 0 Å². The summed E-state index contributed by atoms with van der Waals surface area (Å²) in [6.07, 6.45) is 0. The van der Waals surface area contributed by atoms with E-state index in [1.54, 1.807) is 0 Å². The minimum atomic E-state index is 0.900. The molecule has 0 aliphatic carbocycles. The van der Waals surface area contributed by atoms with Gasteiger partial charge >= 0.3 is 0 Å². The van der Waals surface area contributed by atoms with Crippen molar-refractivity contribution in [1.82, 2.24) is 0 Å². The average Bonchev–Trinajstić information content (AvgIpc) is 3.53. The van der Waals surface area contributed by atoms with Crippen molar-refractivity contribution in [2.75, 3.05) is 4.90 Å². The van der Waals surface area contributed by atoms with Gasteiger partial charge in [0.15, 0.2) is 5.58 Å². The predicted molar refractivity (Wildman–Crippen MR) is 164 cm³/mol. The second-order valence-corrected chi connectivity index (χ2v) is 10.9. The summed E-state index contributed by atoms with van der Waals surface area (Å²) in [5.74, 6) is 0. The van der Waals surface area contributed by atoms with Crippen molar-refractivity contribution in [3.05, 3.63) is 127 Å². The van der Waals surface area contributed by atoms with Crippen LogP contribution in [0.3, 0.4) is 0 Å². The fourth-order valence-electron chi connectivity index (χ4n) is 5.70. The Balaban J connectivity index is 1.40. The molecule has 0 saturated carbocycles. The lowest BCUT2D eigenvalue weighted by molar-refractivity contribution is 0.669. The summed E-state index contributed by atoms with van der Waals surface area (Å²) >= 11 is 1.86. The van der Waals surface area contributed by atoms with Crippen LogP contribution in [0.15, 0.2) is 126 Å². The van der Waals surface area contributed by atoms with Gasteiger partial charge in [-0.05, 0) is 60.2 Å². The topological polar surface area (TPSA) is 16.4 Å². The number of nitrogens with zero attached hydrogens (tertiary/aromatic N) is 1. The van der Waals surface area contributed by atoms with Gasteiger partial charge in [-0.2, -0.15) is 0 Å². The van der Waals surface area contributed by atoms with Crippen molar-refractivity contribution >= 4 is 81.3 Å². The molecule has 0 aliphatic heterocycles. The zero-order valence-electron chi connectivity index (χ0n) is 20.8. The monoisotopic (exact) mass is 505 g/mol. The first-order valence-corrected chi connectivity index (χ1v) is 13.7. The van der Waals surface area contributed by atoms with Gasteiger partial charge in [0, 0.05) is 42.3 Å². The van der Waals surface area contributed by atoms with Gasteiger partial charge in [0.1, 0.15) is 5.58 Å². The van der Waals surface area contributed by atoms with Crippen LogP contribution < -0.4 is 4.90 Å². The molecule has 0 N–H and O–H groups in total. The third kappa shape index (κ3) is 3.19. The number of thiophene rings is 1. The molecule has 8 aromatic rings. The Kier molecular flexibility index (Phi) is 4.64. The predicted octanol–water partition coefficient (Wildman–Crippen LogP) is 10.9. The summed E-state index contributed by atoms with van der Waals surface area (Å²) in [6.45, 7) is 2.13. The molecule has 3 heteroatoms. The zero-order chi connectivity index (χ0) is 25.2. The summed E-state index contributed by atoms with van der Waals surface area (Å²) in [7, 11) is 0. The molecule has 0 spiro atoms. The molecular formula is C35H23NOS. The van der Waals surface area contributed by atoms with Crippen LogP contribution in [0.25, 0.3) is 52.9 Å². The minimum absolute atomic E-state index is 0.900. The van der Waals surface area contributed by atoms with Gasteiger partial charge in [0.05, 0.1) is 5.69 Å². The second-order valence-electron chi connectivity index (χ2n) is 9.87. The van der Waals surface area contributed by atoms with Crippen LogP contribution in [-0.4, -0.2) is 0 Å². The van der Waals surface area contributed by atoms with E-state index < -0.39 is 0 Å². The summed E-state index contributed by atoms with van der Waals surface area (Å²) < 4.78 is 9.07. The molecule has 0 amide bonds. The van der Waals surface area contributed by atoms with E-state index in [2.05, 4.69) is 121 Å². The number of hydrogen-bond acceptors (Lipinski definition) is 3. The maximum absolute atomic E-state index is 6.48. The fourth-order valence-corrected chi connectivity index (χ4v) is 6.86. The molecule has 2 aromatic heterocycles. The number of para-hydroxylation sites is 2. The van der Waals surface area contributed by atoms with Crippen molar-refractivity contribution in [2.45, 2.75) is 6.92 Å². The molecule has 8 rings (SSSR count). The molecule has 6 aromatic carbocycles.